The number of hydrogen-bond acceptors (Lipinski definition) is 5. The average molecular weight is 241 g/mol. The van der Waals surface area contributed by atoms with Crippen LogP contribution in [0.1, 0.15) is 10.4 Å². The molecule has 0 unspecified atom stereocenters. The van der Waals surface area contributed by atoms with Crippen LogP contribution in [0.5, 0.6) is 5.75 Å². The molecule has 0 saturated carbocycles. The Morgan fingerprint density at radius 3 is 2.75 bits per heavy atom. The van der Waals surface area contributed by atoms with Gasteiger partial charge in [0.1, 0.15) is 5.75 Å². The van der Waals surface area contributed by atoms with Crippen LogP contribution in [0.25, 0.3) is 0 Å². The normalized spacial score (nSPS) is 9.88. The number of nitrogens with zero attached hydrogens (tertiary/aromatic N) is 1. The molecule has 6 heteroatoms. The fraction of sp³-hybridized carbons (Fsp3) is 0.300. The molecule has 0 amide bonds. The molecular weight excluding hydrogens is 230 g/mol. The Morgan fingerprint density at radius 1 is 1.56 bits per heavy atom. The van der Waals surface area contributed by atoms with E-state index in [0.29, 0.717) is 11.3 Å². The van der Waals surface area contributed by atoms with Gasteiger partial charge in [-0.05, 0) is 12.3 Å². The van der Waals surface area contributed by atoms with Gasteiger partial charge in [-0.2, -0.15) is 11.8 Å². The van der Waals surface area contributed by atoms with Crippen molar-refractivity contribution in [1.29, 1.82) is 0 Å². The number of Topliss-reactive ketones (excluding diaryl/α,β-unsaturated/α-hetero) is 1. The second kappa shape index (κ2) is 5.50. The number of carbonyl (C=O) groups excluding carboxylic acids is 1. The number of thioether (sulfide) groups is 1. The summed E-state index contributed by atoms with van der Waals surface area (Å²) in [6, 6.07) is 3.99. The number of rotatable bonds is 5. The van der Waals surface area contributed by atoms with Crippen LogP contribution in [0.4, 0.5) is 5.69 Å². The molecule has 86 valence electrons. The molecule has 0 radical (unpaired) electrons. The van der Waals surface area contributed by atoms with E-state index in [1.54, 1.807) is 0 Å². The highest BCUT2D eigenvalue weighted by Crippen LogP contribution is 2.25. The van der Waals surface area contributed by atoms with Crippen LogP contribution in [-0.2, 0) is 0 Å². The summed E-state index contributed by atoms with van der Waals surface area (Å²) in [4.78, 5) is 21.6. The number of methoxy groups -OCH3 is 1. The predicted molar refractivity (Wildman–Crippen MR) is 62.4 cm³/mol. The number of ketones is 1. The van der Waals surface area contributed by atoms with Gasteiger partial charge in [0.15, 0.2) is 5.78 Å². The summed E-state index contributed by atoms with van der Waals surface area (Å²) in [7, 11) is 1.38. The molecular formula is C10H11NO4S. The number of nitro groups is 1. The maximum absolute atomic E-state index is 11.6. The standard InChI is InChI=1S/C10H11NO4S/c1-15-10-5-7(11(13)14)3-4-8(10)9(12)6-16-2/h3-5H,6H2,1-2H3. The van der Waals surface area contributed by atoms with Crippen molar-refractivity contribution in [3.63, 3.8) is 0 Å². The minimum absolute atomic E-state index is 0.0856. The van der Waals surface area contributed by atoms with Crippen molar-refractivity contribution in [2.45, 2.75) is 0 Å². The van der Waals surface area contributed by atoms with Crippen molar-refractivity contribution in [2.24, 2.45) is 0 Å². The average Bonchev–Trinajstić information content (AvgIpc) is 2.28. The van der Waals surface area contributed by atoms with E-state index in [-0.39, 0.29) is 17.2 Å². The Kier molecular flexibility index (Phi) is 4.30. The number of nitro benzene ring substituents is 1. The van der Waals surface area contributed by atoms with E-state index < -0.39 is 4.92 Å². The smallest absolute Gasteiger partial charge is 0.273 e. The third-order valence-corrected chi connectivity index (χ3v) is 2.52. The van der Waals surface area contributed by atoms with Crippen molar-refractivity contribution >= 4 is 23.2 Å². The van der Waals surface area contributed by atoms with E-state index in [0.717, 1.165) is 0 Å². The molecule has 0 fully saturated rings. The maximum Gasteiger partial charge on any atom is 0.273 e. The molecule has 5 nitrogen and oxygen atoms in total. The van der Waals surface area contributed by atoms with Crippen molar-refractivity contribution in [3.8, 4) is 5.75 Å². The van der Waals surface area contributed by atoms with Crippen molar-refractivity contribution in [2.75, 3.05) is 19.1 Å². The Hall–Kier alpha value is -1.56. The Bertz CT molecular complexity index is 419. The fourth-order valence-electron chi connectivity index (χ4n) is 1.23. The summed E-state index contributed by atoms with van der Waals surface area (Å²) in [6.45, 7) is 0. The van der Waals surface area contributed by atoms with Crippen molar-refractivity contribution < 1.29 is 14.5 Å². The summed E-state index contributed by atoms with van der Waals surface area (Å²) in [5, 5.41) is 10.5. The van der Waals surface area contributed by atoms with Crippen LogP contribution in [0.15, 0.2) is 18.2 Å². The molecule has 0 aliphatic heterocycles. The monoisotopic (exact) mass is 241 g/mol. The molecule has 0 heterocycles. The number of benzene rings is 1. The molecule has 0 spiro atoms. The second-order valence-corrected chi connectivity index (χ2v) is 3.86. The molecule has 0 saturated heterocycles. The van der Waals surface area contributed by atoms with Crippen LogP contribution in [-0.4, -0.2) is 29.8 Å². The van der Waals surface area contributed by atoms with Crippen molar-refractivity contribution in [1.82, 2.24) is 0 Å². The molecule has 0 bridgehead atoms. The Balaban J connectivity index is 3.11. The number of ether oxygens (including phenoxy) is 1. The Morgan fingerprint density at radius 2 is 2.25 bits per heavy atom. The van der Waals surface area contributed by atoms with Gasteiger partial charge in [0.2, 0.25) is 0 Å². The van der Waals surface area contributed by atoms with Gasteiger partial charge in [0, 0.05) is 6.07 Å². The topological polar surface area (TPSA) is 69.4 Å². The van der Waals surface area contributed by atoms with Crippen LogP contribution >= 0.6 is 11.8 Å². The summed E-state index contributed by atoms with van der Waals surface area (Å²) in [6.07, 6.45) is 1.82. The minimum atomic E-state index is -0.522. The maximum atomic E-state index is 11.6. The van der Waals surface area contributed by atoms with E-state index >= 15 is 0 Å². The first-order valence-electron chi connectivity index (χ1n) is 4.44. The summed E-state index contributed by atoms with van der Waals surface area (Å²) < 4.78 is 4.97. The molecule has 1 aromatic rings. The zero-order chi connectivity index (χ0) is 12.1. The lowest BCUT2D eigenvalue weighted by molar-refractivity contribution is -0.384. The lowest BCUT2D eigenvalue weighted by Crippen LogP contribution is -2.05. The Labute approximate surface area is 96.9 Å². The van der Waals surface area contributed by atoms with Crippen molar-refractivity contribution in [3.05, 3.63) is 33.9 Å². The van der Waals surface area contributed by atoms with Gasteiger partial charge >= 0.3 is 0 Å². The van der Waals surface area contributed by atoms with Crippen LogP contribution in [0, 0.1) is 10.1 Å². The number of non-ortho nitro benzene ring substituents is 1. The zero-order valence-corrected chi connectivity index (χ0v) is 9.74. The van der Waals surface area contributed by atoms with Gasteiger partial charge in [-0.15, -0.1) is 0 Å². The summed E-state index contributed by atoms with van der Waals surface area (Å²) >= 11 is 1.40. The molecule has 0 aromatic heterocycles. The largest absolute Gasteiger partial charge is 0.496 e. The first kappa shape index (κ1) is 12.5. The third-order valence-electron chi connectivity index (χ3n) is 1.97. The molecule has 0 N–H and O–H groups in total. The van der Waals surface area contributed by atoms with E-state index in [1.165, 1.54) is 37.1 Å². The SMILES string of the molecule is COc1cc([N+](=O)[O-])ccc1C(=O)CSC. The first-order valence-corrected chi connectivity index (χ1v) is 5.84. The lowest BCUT2D eigenvalue weighted by atomic mass is 10.1. The number of hydrogen-bond donors (Lipinski definition) is 0. The lowest BCUT2D eigenvalue weighted by Gasteiger charge is -2.06. The molecule has 1 aromatic carbocycles. The quantitative estimate of drug-likeness (QED) is 0.449. The molecule has 1 rings (SSSR count). The van der Waals surface area contributed by atoms with E-state index in [9.17, 15) is 14.9 Å². The van der Waals surface area contributed by atoms with Crippen LogP contribution < -0.4 is 4.74 Å². The van der Waals surface area contributed by atoms with Gasteiger partial charge in [-0.25, -0.2) is 0 Å². The molecule has 16 heavy (non-hydrogen) atoms. The molecule has 0 aliphatic rings. The molecule has 0 atom stereocenters. The van der Waals surface area contributed by atoms with Gasteiger partial charge in [-0.3, -0.25) is 14.9 Å². The second-order valence-electron chi connectivity index (χ2n) is 3.00. The predicted octanol–water partition coefficient (Wildman–Crippen LogP) is 2.15. The zero-order valence-electron chi connectivity index (χ0n) is 8.93. The first-order chi connectivity index (χ1) is 7.60. The van der Waals surface area contributed by atoms with Crippen LogP contribution in [0.2, 0.25) is 0 Å². The van der Waals surface area contributed by atoms with Gasteiger partial charge in [-0.1, -0.05) is 0 Å². The van der Waals surface area contributed by atoms with E-state index in [2.05, 4.69) is 0 Å². The highest BCUT2D eigenvalue weighted by molar-refractivity contribution is 7.99. The van der Waals surface area contributed by atoms with E-state index in [1.807, 2.05) is 6.26 Å². The minimum Gasteiger partial charge on any atom is -0.496 e. The van der Waals surface area contributed by atoms with E-state index in [4.69, 9.17) is 4.74 Å². The number of carbonyl (C=O) groups is 1. The summed E-state index contributed by atoms with van der Waals surface area (Å²) in [5.74, 6) is 0.473. The van der Waals surface area contributed by atoms with Gasteiger partial charge in [0.05, 0.1) is 29.4 Å². The fourth-order valence-corrected chi connectivity index (χ4v) is 1.65. The highest BCUT2D eigenvalue weighted by atomic mass is 32.2. The van der Waals surface area contributed by atoms with Gasteiger partial charge in [0.25, 0.3) is 5.69 Å². The molecule has 0 aliphatic carbocycles. The van der Waals surface area contributed by atoms with Gasteiger partial charge < -0.3 is 4.74 Å². The third kappa shape index (κ3) is 2.73. The van der Waals surface area contributed by atoms with Crippen LogP contribution in [0.3, 0.4) is 0 Å². The summed E-state index contributed by atoms with van der Waals surface area (Å²) in [5.41, 5.74) is 0.292. The highest BCUT2D eigenvalue weighted by Gasteiger charge is 2.15.